The van der Waals surface area contributed by atoms with E-state index in [2.05, 4.69) is 37.3 Å². The van der Waals surface area contributed by atoms with Gasteiger partial charge in [0.05, 0.1) is 5.69 Å². The van der Waals surface area contributed by atoms with Gasteiger partial charge in [-0.15, -0.1) is 5.10 Å². The van der Waals surface area contributed by atoms with Crippen molar-refractivity contribution in [1.29, 1.82) is 0 Å². The Hall–Kier alpha value is -0.860. The molecule has 1 heterocycles. The van der Waals surface area contributed by atoms with Crippen molar-refractivity contribution < 1.29 is 0 Å². The molecule has 0 bridgehead atoms. The van der Waals surface area contributed by atoms with E-state index in [0.29, 0.717) is 5.92 Å². The van der Waals surface area contributed by atoms with Gasteiger partial charge in [-0.05, 0) is 18.8 Å². The predicted molar refractivity (Wildman–Crippen MR) is 62.7 cm³/mol. The number of hydrogen-bond acceptors (Lipinski definition) is 2. The highest BCUT2D eigenvalue weighted by atomic mass is 15.4. The van der Waals surface area contributed by atoms with Crippen LogP contribution in [0.4, 0.5) is 0 Å². The molecule has 1 aromatic heterocycles. The molecule has 3 heteroatoms. The number of aryl methyl sites for hydroxylation is 1. The third-order valence-electron chi connectivity index (χ3n) is 2.82. The first kappa shape index (κ1) is 12.2. The Bertz CT molecular complexity index is 268. The first-order valence-corrected chi connectivity index (χ1v) is 6.15. The smallest absolute Gasteiger partial charge is 0.0827 e. The normalized spacial score (nSPS) is 13.0. The molecule has 0 aliphatic heterocycles. The molecule has 0 spiro atoms. The van der Waals surface area contributed by atoms with Gasteiger partial charge in [0, 0.05) is 12.7 Å². The minimum Gasteiger partial charge on any atom is -0.252 e. The quantitative estimate of drug-likeness (QED) is 0.646. The van der Waals surface area contributed by atoms with Gasteiger partial charge in [-0.3, -0.25) is 4.68 Å². The highest BCUT2D eigenvalue weighted by Gasteiger charge is 2.03. The number of rotatable bonds is 7. The van der Waals surface area contributed by atoms with E-state index in [1.807, 2.05) is 4.68 Å². The van der Waals surface area contributed by atoms with E-state index in [0.717, 1.165) is 18.7 Å². The molecule has 1 aromatic rings. The lowest BCUT2D eigenvalue weighted by molar-refractivity contribution is 0.431. The van der Waals surface area contributed by atoms with Gasteiger partial charge in [0.15, 0.2) is 0 Å². The Kier molecular flexibility index (Phi) is 5.37. The maximum absolute atomic E-state index is 4.19. The first-order chi connectivity index (χ1) is 7.26. The summed E-state index contributed by atoms with van der Waals surface area (Å²) in [4.78, 5) is 0. The Morgan fingerprint density at radius 1 is 1.33 bits per heavy atom. The van der Waals surface area contributed by atoms with Crippen LogP contribution >= 0.6 is 0 Å². The average molecular weight is 209 g/mol. The van der Waals surface area contributed by atoms with E-state index in [1.165, 1.54) is 25.7 Å². The fraction of sp³-hybridized carbons (Fsp3) is 0.833. The predicted octanol–water partition coefficient (Wildman–Crippen LogP) is 3.06. The van der Waals surface area contributed by atoms with E-state index >= 15 is 0 Å². The molecular formula is C12H23N3. The second-order valence-corrected chi connectivity index (χ2v) is 4.40. The van der Waals surface area contributed by atoms with Gasteiger partial charge in [0.25, 0.3) is 0 Å². The van der Waals surface area contributed by atoms with Crippen molar-refractivity contribution >= 4 is 0 Å². The van der Waals surface area contributed by atoms with E-state index in [9.17, 15) is 0 Å². The number of hydrogen-bond donors (Lipinski definition) is 0. The van der Waals surface area contributed by atoms with Gasteiger partial charge >= 0.3 is 0 Å². The zero-order chi connectivity index (χ0) is 11.1. The number of nitrogens with zero attached hydrogens (tertiary/aromatic N) is 3. The van der Waals surface area contributed by atoms with Crippen molar-refractivity contribution in [3.8, 4) is 0 Å². The van der Waals surface area contributed by atoms with Crippen LogP contribution in [0, 0.1) is 5.92 Å². The highest BCUT2D eigenvalue weighted by Crippen LogP contribution is 2.06. The lowest BCUT2D eigenvalue weighted by Gasteiger charge is -2.06. The lowest BCUT2D eigenvalue weighted by atomic mass is 10.1. The minimum atomic E-state index is 0.690. The molecule has 15 heavy (non-hydrogen) atoms. The summed E-state index contributed by atoms with van der Waals surface area (Å²) < 4.78 is 1.98. The van der Waals surface area contributed by atoms with Crippen molar-refractivity contribution in [1.82, 2.24) is 15.0 Å². The van der Waals surface area contributed by atoms with Crippen molar-refractivity contribution in [3.63, 3.8) is 0 Å². The van der Waals surface area contributed by atoms with Gasteiger partial charge in [-0.2, -0.15) is 0 Å². The summed E-state index contributed by atoms with van der Waals surface area (Å²) >= 11 is 0. The van der Waals surface area contributed by atoms with E-state index < -0.39 is 0 Å². The van der Waals surface area contributed by atoms with E-state index in [4.69, 9.17) is 0 Å². The van der Waals surface area contributed by atoms with Crippen LogP contribution in [0.5, 0.6) is 0 Å². The molecule has 3 nitrogen and oxygen atoms in total. The molecule has 0 N–H and O–H groups in total. The SMILES string of the molecule is CCCCCc1cn(CC(C)CC)nn1. The van der Waals surface area contributed by atoms with Crippen LogP contribution in [0.15, 0.2) is 6.20 Å². The molecule has 0 aliphatic carbocycles. The van der Waals surface area contributed by atoms with Gasteiger partial charge in [0.2, 0.25) is 0 Å². The Morgan fingerprint density at radius 2 is 2.13 bits per heavy atom. The summed E-state index contributed by atoms with van der Waals surface area (Å²) in [6.45, 7) is 7.68. The van der Waals surface area contributed by atoms with Gasteiger partial charge < -0.3 is 0 Å². The fourth-order valence-electron chi connectivity index (χ4n) is 1.55. The van der Waals surface area contributed by atoms with E-state index in [-0.39, 0.29) is 0 Å². The summed E-state index contributed by atoms with van der Waals surface area (Å²) in [5.41, 5.74) is 1.15. The van der Waals surface area contributed by atoms with E-state index in [1.54, 1.807) is 0 Å². The molecule has 0 saturated heterocycles. The third kappa shape index (κ3) is 4.45. The molecule has 0 aromatic carbocycles. The van der Waals surface area contributed by atoms with Crippen LogP contribution in [0.25, 0.3) is 0 Å². The maximum Gasteiger partial charge on any atom is 0.0827 e. The Balaban J connectivity index is 2.35. The summed E-state index contributed by atoms with van der Waals surface area (Å²) in [7, 11) is 0. The molecule has 0 amide bonds. The van der Waals surface area contributed by atoms with Gasteiger partial charge in [-0.25, -0.2) is 0 Å². The molecular weight excluding hydrogens is 186 g/mol. The zero-order valence-corrected chi connectivity index (χ0v) is 10.2. The van der Waals surface area contributed by atoms with Crippen LogP contribution in [0.3, 0.4) is 0 Å². The Labute approximate surface area is 92.9 Å². The monoisotopic (exact) mass is 209 g/mol. The molecule has 1 unspecified atom stereocenters. The number of aromatic nitrogens is 3. The third-order valence-corrected chi connectivity index (χ3v) is 2.82. The van der Waals surface area contributed by atoms with Crippen LogP contribution in [-0.2, 0) is 13.0 Å². The minimum absolute atomic E-state index is 0.690. The first-order valence-electron chi connectivity index (χ1n) is 6.15. The van der Waals surface area contributed by atoms with Crippen LogP contribution in [0.2, 0.25) is 0 Å². The van der Waals surface area contributed by atoms with Crippen molar-refractivity contribution in [2.75, 3.05) is 0 Å². The topological polar surface area (TPSA) is 30.7 Å². The lowest BCUT2D eigenvalue weighted by Crippen LogP contribution is -2.07. The molecule has 86 valence electrons. The second-order valence-electron chi connectivity index (χ2n) is 4.40. The average Bonchev–Trinajstić information content (AvgIpc) is 2.66. The summed E-state index contributed by atoms with van der Waals surface area (Å²) in [5.74, 6) is 0.690. The molecule has 1 atom stereocenters. The number of unbranched alkanes of at least 4 members (excludes halogenated alkanes) is 2. The summed E-state index contributed by atoms with van der Waals surface area (Å²) in [5, 5.41) is 8.34. The molecule has 0 radical (unpaired) electrons. The Morgan fingerprint density at radius 3 is 2.80 bits per heavy atom. The van der Waals surface area contributed by atoms with Gasteiger partial charge in [-0.1, -0.05) is 45.2 Å². The largest absolute Gasteiger partial charge is 0.252 e. The molecule has 0 saturated carbocycles. The van der Waals surface area contributed by atoms with Crippen molar-refractivity contribution in [2.45, 2.75) is 59.4 Å². The van der Waals surface area contributed by atoms with Crippen molar-refractivity contribution in [2.24, 2.45) is 5.92 Å². The summed E-state index contributed by atoms with van der Waals surface area (Å²) in [6.07, 6.45) is 8.17. The molecule has 0 aliphatic rings. The van der Waals surface area contributed by atoms with Crippen molar-refractivity contribution in [3.05, 3.63) is 11.9 Å². The van der Waals surface area contributed by atoms with Crippen LogP contribution in [-0.4, -0.2) is 15.0 Å². The highest BCUT2D eigenvalue weighted by molar-refractivity contribution is 4.92. The standard InChI is InChI=1S/C12H23N3/c1-4-6-7-8-12-10-15(14-13-12)9-11(3)5-2/h10-11H,4-9H2,1-3H3. The molecule has 1 rings (SSSR count). The van der Waals surface area contributed by atoms with Crippen LogP contribution in [0.1, 0.15) is 52.1 Å². The van der Waals surface area contributed by atoms with Crippen LogP contribution < -0.4 is 0 Å². The second kappa shape index (κ2) is 6.59. The molecule has 0 fully saturated rings. The maximum atomic E-state index is 4.19. The van der Waals surface area contributed by atoms with Gasteiger partial charge in [0.1, 0.15) is 0 Å². The summed E-state index contributed by atoms with van der Waals surface area (Å²) in [6, 6.07) is 0. The fourth-order valence-corrected chi connectivity index (χ4v) is 1.55. The zero-order valence-electron chi connectivity index (χ0n) is 10.2.